The number of ether oxygens (including phenoxy) is 2. The molecule has 1 aromatic rings. The van der Waals surface area contributed by atoms with Crippen LogP contribution in [0.5, 0.6) is 0 Å². The third kappa shape index (κ3) is 7.35. The maximum Gasteiger partial charge on any atom is 0.347 e. The largest absolute Gasteiger partial charge is 0.387 e. The van der Waals surface area contributed by atoms with E-state index in [0.717, 1.165) is 12.8 Å². The molecule has 2 atom stereocenters. The van der Waals surface area contributed by atoms with E-state index in [9.17, 15) is 29.4 Å². The minimum absolute atomic E-state index is 0.149. The number of aryl methyl sites for hydroxylation is 1. The highest BCUT2D eigenvalue weighted by Gasteiger charge is 2.29. The van der Waals surface area contributed by atoms with Crippen LogP contribution in [0, 0.1) is 0 Å². The zero-order chi connectivity index (χ0) is 22.7. The van der Waals surface area contributed by atoms with Crippen molar-refractivity contribution in [3.05, 3.63) is 34.9 Å². The first kappa shape index (κ1) is 25.5. The Labute approximate surface area is 176 Å². The molecule has 0 saturated carbocycles. The van der Waals surface area contributed by atoms with Crippen molar-refractivity contribution in [2.45, 2.75) is 77.9 Å². The van der Waals surface area contributed by atoms with Gasteiger partial charge in [-0.15, -0.1) is 0 Å². The van der Waals surface area contributed by atoms with Crippen LogP contribution in [-0.2, 0) is 25.5 Å². The molecule has 2 N–H and O–H groups in total. The molecular formula is C22H30O8. The molecule has 0 saturated heterocycles. The lowest BCUT2D eigenvalue weighted by atomic mass is 9.99. The summed E-state index contributed by atoms with van der Waals surface area (Å²) in [4.78, 5) is 49.0. The van der Waals surface area contributed by atoms with E-state index in [4.69, 9.17) is 9.47 Å². The zero-order valence-corrected chi connectivity index (χ0v) is 17.7. The molecule has 8 heteroatoms. The number of hydrogen-bond acceptors (Lipinski definition) is 8. The Hall–Kier alpha value is -2.58. The second kappa shape index (κ2) is 12.9. The van der Waals surface area contributed by atoms with Gasteiger partial charge in [0.1, 0.15) is 0 Å². The fourth-order valence-corrected chi connectivity index (χ4v) is 2.76. The van der Waals surface area contributed by atoms with Crippen molar-refractivity contribution in [2.75, 3.05) is 0 Å². The first-order valence-electron chi connectivity index (χ1n) is 10.3. The molecule has 0 spiro atoms. The molecule has 0 amide bonds. The average molecular weight is 422 g/mol. The summed E-state index contributed by atoms with van der Waals surface area (Å²) in [5, 5.41) is 19.6. The molecule has 0 aliphatic rings. The van der Waals surface area contributed by atoms with Crippen LogP contribution in [0.1, 0.15) is 85.6 Å². The Morgan fingerprint density at radius 3 is 1.80 bits per heavy atom. The summed E-state index contributed by atoms with van der Waals surface area (Å²) in [6.07, 6.45) is 0.406. The van der Waals surface area contributed by atoms with Crippen LogP contribution < -0.4 is 0 Å². The average Bonchev–Trinajstić information content (AvgIpc) is 2.74. The molecule has 30 heavy (non-hydrogen) atoms. The third-order valence-corrected chi connectivity index (χ3v) is 4.55. The van der Waals surface area contributed by atoms with Gasteiger partial charge < -0.3 is 19.7 Å². The first-order valence-corrected chi connectivity index (χ1v) is 10.3. The number of carbonyl (C=O) groups is 4. The molecule has 0 radical (unpaired) electrons. The predicted octanol–water partition coefficient (Wildman–Crippen LogP) is 2.72. The van der Waals surface area contributed by atoms with E-state index in [1.165, 1.54) is 12.1 Å². The lowest BCUT2D eigenvalue weighted by Crippen LogP contribution is -2.29. The quantitative estimate of drug-likeness (QED) is 0.412. The summed E-state index contributed by atoms with van der Waals surface area (Å²) in [6, 6.07) is 4.34. The van der Waals surface area contributed by atoms with Crippen LogP contribution in [0.15, 0.2) is 18.2 Å². The van der Waals surface area contributed by atoms with Crippen molar-refractivity contribution >= 4 is 23.9 Å². The van der Waals surface area contributed by atoms with Crippen LogP contribution in [-0.4, -0.2) is 46.3 Å². The molecule has 0 aliphatic heterocycles. The van der Waals surface area contributed by atoms with E-state index >= 15 is 0 Å². The van der Waals surface area contributed by atoms with E-state index in [2.05, 4.69) is 0 Å². The van der Waals surface area contributed by atoms with Crippen LogP contribution in [0.2, 0.25) is 0 Å². The Morgan fingerprint density at radius 2 is 1.33 bits per heavy atom. The number of esters is 4. The van der Waals surface area contributed by atoms with Gasteiger partial charge in [-0.05, 0) is 30.9 Å². The highest BCUT2D eigenvalue weighted by molar-refractivity contribution is 6.09. The Morgan fingerprint density at radius 1 is 0.833 bits per heavy atom. The van der Waals surface area contributed by atoms with Crippen molar-refractivity contribution in [3.8, 4) is 0 Å². The molecule has 0 bridgehead atoms. The van der Waals surface area contributed by atoms with Crippen molar-refractivity contribution in [2.24, 2.45) is 0 Å². The molecule has 1 aromatic carbocycles. The SMILES string of the molecule is CCCCC(O)C(=O)OC(=O)c1cccc(CC)c1C(=O)OC(=O)C(O)CCCC. The molecule has 0 fully saturated rings. The monoisotopic (exact) mass is 422 g/mol. The van der Waals surface area contributed by atoms with E-state index < -0.39 is 36.1 Å². The number of carbonyl (C=O) groups excluding carboxylic acids is 4. The van der Waals surface area contributed by atoms with Gasteiger partial charge in [0.25, 0.3) is 0 Å². The number of rotatable bonds is 11. The Balaban J connectivity index is 3.04. The van der Waals surface area contributed by atoms with Crippen LogP contribution >= 0.6 is 0 Å². The molecule has 1 rings (SSSR count). The van der Waals surface area contributed by atoms with Gasteiger partial charge in [-0.25, -0.2) is 19.2 Å². The van der Waals surface area contributed by atoms with Gasteiger partial charge >= 0.3 is 23.9 Å². The summed E-state index contributed by atoms with van der Waals surface area (Å²) in [7, 11) is 0. The predicted molar refractivity (Wildman–Crippen MR) is 108 cm³/mol. The summed E-state index contributed by atoms with van der Waals surface area (Å²) in [6.45, 7) is 5.51. The summed E-state index contributed by atoms with van der Waals surface area (Å²) in [5.74, 6) is -4.46. The highest BCUT2D eigenvalue weighted by atomic mass is 16.6. The Bertz CT molecular complexity index is 756. The molecular weight excluding hydrogens is 392 g/mol. The first-order chi connectivity index (χ1) is 14.3. The zero-order valence-electron chi connectivity index (χ0n) is 17.7. The number of hydrogen-bond donors (Lipinski definition) is 2. The summed E-state index contributed by atoms with van der Waals surface area (Å²) < 4.78 is 9.49. The van der Waals surface area contributed by atoms with Gasteiger partial charge in [0.2, 0.25) is 0 Å². The summed E-state index contributed by atoms with van der Waals surface area (Å²) >= 11 is 0. The van der Waals surface area contributed by atoms with E-state index in [1.807, 2.05) is 13.8 Å². The molecule has 0 aromatic heterocycles. The molecule has 2 unspecified atom stereocenters. The summed E-state index contributed by atoms with van der Waals surface area (Å²) in [5.41, 5.74) is -0.0626. The van der Waals surface area contributed by atoms with E-state index in [-0.39, 0.29) is 24.0 Å². The smallest absolute Gasteiger partial charge is 0.347 e. The fraction of sp³-hybridized carbons (Fsp3) is 0.545. The van der Waals surface area contributed by atoms with Crippen molar-refractivity contribution < 1.29 is 38.9 Å². The number of unbranched alkanes of at least 4 members (excludes halogenated alkanes) is 2. The van der Waals surface area contributed by atoms with Gasteiger partial charge in [0.15, 0.2) is 12.2 Å². The van der Waals surface area contributed by atoms with Crippen LogP contribution in [0.4, 0.5) is 0 Å². The molecule has 8 nitrogen and oxygen atoms in total. The van der Waals surface area contributed by atoms with Gasteiger partial charge in [-0.1, -0.05) is 58.6 Å². The highest BCUT2D eigenvalue weighted by Crippen LogP contribution is 2.20. The van der Waals surface area contributed by atoms with Crippen molar-refractivity contribution in [3.63, 3.8) is 0 Å². The second-order valence-corrected chi connectivity index (χ2v) is 6.93. The van der Waals surface area contributed by atoms with Gasteiger partial charge in [-0.2, -0.15) is 0 Å². The minimum Gasteiger partial charge on any atom is -0.387 e. The lowest BCUT2D eigenvalue weighted by Gasteiger charge is -2.14. The Kier molecular flexibility index (Phi) is 10.9. The lowest BCUT2D eigenvalue weighted by molar-refractivity contribution is -0.149. The normalized spacial score (nSPS) is 12.7. The number of aliphatic hydroxyl groups is 2. The van der Waals surface area contributed by atoms with Gasteiger partial charge in [0, 0.05) is 0 Å². The number of aliphatic hydroxyl groups excluding tert-OH is 2. The van der Waals surface area contributed by atoms with E-state index in [0.29, 0.717) is 24.8 Å². The van der Waals surface area contributed by atoms with Crippen molar-refractivity contribution in [1.82, 2.24) is 0 Å². The van der Waals surface area contributed by atoms with Gasteiger partial charge in [0.05, 0.1) is 11.1 Å². The van der Waals surface area contributed by atoms with Gasteiger partial charge in [-0.3, -0.25) is 0 Å². The third-order valence-electron chi connectivity index (χ3n) is 4.55. The van der Waals surface area contributed by atoms with Crippen LogP contribution in [0.3, 0.4) is 0 Å². The second-order valence-electron chi connectivity index (χ2n) is 6.93. The standard InChI is InChI=1S/C22H30O8/c1-4-7-12-16(23)20(26)29-19(25)15-11-9-10-14(6-3)18(15)22(28)30-21(27)17(24)13-8-5-2/h9-11,16-17,23-24H,4-8,12-13H2,1-3H3. The number of benzene rings is 1. The maximum absolute atomic E-state index is 12.6. The fourth-order valence-electron chi connectivity index (χ4n) is 2.76. The minimum atomic E-state index is -1.45. The van der Waals surface area contributed by atoms with Crippen LogP contribution in [0.25, 0.3) is 0 Å². The topological polar surface area (TPSA) is 127 Å². The van der Waals surface area contributed by atoms with Crippen molar-refractivity contribution in [1.29, 1.82) is 0 Å². The molecule has 166 valence electrons. The maximum atomic E-state index is 12.6. The molecule has 0 heterocycles. The molecule has 0 aliphatic carbocycles. The van der Waals surface area contributed by atoms with E-state index in [1.54, 1.807) is 13.0 Å².